The number of hydrogen-bond donors (Lipinski definition) is 1. The molecular formula is C12H24N2O2. The van der Waals surface area contributed by atoms with Crippen LogP contribution in [0.2, 0.25) is 0 Å². The first-order chi connectivity index (χ1) is 7.43. The van der Waals surface area contributed by atoms with Crippen LogP contribution in [-0.4, -0.2) is 50.2 Å². The van der Waals surface area contributed by atoms with Crippen molar-refractivity contribution in [1.82, 2.24) is 10.2 Å². The van der Waals surface area contributed by atoms with Crippen LogP contribution in [0.4, 0.5) is 0 Å². The van der Waals surface area contributed by atoms with Crippen LogP contribution in [0.15, 0.2) is 0 Å². The molecule has 0 aromatic heterocycles. The van der Waals surface area contributed by atoms with Crippen molar-refractivity contribution in [3.05, 3.63) is 0 Å². The maximum absolute atomic E-state index is 11.6. The molecule has 1 aliphatic rings. The molecule has 1 fully saturated rings. The van der Waals surface area contributed by atoms with Gasteiger partial charge in [0.1, 0.15) is 0 Å². The van der Waals surface area contributed by atoms with Crippen molar-refractivity contribution >= 4 is 5.91 Å². The Morgan fingerprint density at radius 3 is 2.62 bits per heavy atom. The summed E-state index contributed by atoms with van der Waals surface area (Å²) >= 11 is 0. The van der Waals surface area contributed by atoms with Crippen molar-refractivity contribution < 1.29 is 9.53 Å². The third-order valence-electron chi connectivity index (χ3n) is 3.86. The summed E-state index contributed by atoms with van der Waals surface area (Å²) in [6, 6.07) is 0.381. The highest BCUT2D eigenvalue weighted by molar-refractivity contribution is 5.77. The normalized spacial score (nSPS) is 27.3. The fourth-order valence-corrected chi connectivity index (χ4v) is 2.15. The number of amides is 1. The fourth-order valence-electron chi connectivity index (χ4n) is 2.15. The van der Waals surface area contributed by atoms with E-state index < -0.39 is 0 Å². The van der Waals surface area contributed by atoms with Gasteiger partial charge in [-0.25, -0.2) is 0 Å². The standard InChI is InChI=1S/C12H24N2O2/c1-6-14(4)11(15)8-13-9-7-10(16-5)12(9,2)3/h9-10,13H,6-8H2,1-5H3. The number of rotatable bonds is 5. The average molecular weight is 228 g/mol. The first-order valence-corrected chi connectivity index (χ1v) is 5.93. The molecule has 0 aliphatic heterocycles. The fraction of sp³-hybridized carbons (Fsp3) is 0.917. The van der Waals surface area contributed by atoms with E-state index in [1.807, 2.05) is 14.0 Å². The Hall–Kier alpha value is -0.610. The molecule has 1 rings (SSSR count). The highest BCUT2D eigenvalue weighted by atomic mass is 16.5. The van der Waals surface area contributed by atoms with Gasteiger partial charge in [-0.15, -0.1) is 0 Å². The van der Waals surface area contributed by atoms with Crippen molar-refractivity contribution in [1.29, 1.82) is 0 Å². The predicted octanol–water partition coefficient (Wildman–Crippen LogP) is 0.868. The molecule has 1 saturated carbocycles. The minimum absolute atomic E-state index is 0.125. The summed E-state index contributed by atoms with van der Waals surface area (Å²) in [4.78, 5) is 13.3. The van der Waals surface area contributed by atoms with Crippen LogP contribution in [-0.2, 0) is 9.53 Å². The van der Waals surface area contributed by atoms with Crippen LogP contribution in [0.25, 0.3) is 0 Å². The number of carbonyl (C=O) groups excluding carboxylic acids is 1. The molecule has 94 valence electrons. The highest BCUT2D eigenvalue weighted by Gasteiger charge is 2.48. The molecule has 1 aliphatic carbocycles. The Balaban J connectivity index is 2.33. The van der Waals surface area contributed by atoms with Gasteiger partial charge in [0, 0.05) is 32.2 Å². The second-order valence-corrected chi connectivity index (χ2v) is 5.12. The Kier molecular flexibility index (Phi) is 4.33. The van der Waals surface area contributed by atoms with Crippen molar-refractivity contribution in [3.63, 3.8) is 0 Å². The van der Waals surface area contributed by atoms with Crippen molar-refractivity contribution in [3.8, 4) is 0 Å². The van der Waals surface area contributed by atoms with E-state index in [4.69, 9.17) is 4.74 Å². The number of hydrogen-bond acceptors (Lipinski definition) is 3. The predicted molar refractivity (Wildman–Crippen MR) is 64.3 cm³/mol. The smallest absolute Gasteiger partial charge is 0.236 e. The quantitative estimate of drug-likeness (QED) is 0.759. The topological polar surface area (TPSA) is 41.6 Å². The van der Waals surface area contributed by atoms with Crippen LogP contribution in [0, 0.1) is 5.41 Å². The Bertz CT molecular complexity index is 253. The van der Waals surface area contributed by atoms with Crippen LogP contribution in [0.5, 0.6) is 0 Å². The van der Waals surface area contributed by atoms with Gasteiger partial charge in [-0.1, -0.05) is 13.8 Å². The Morgan fingerprint density at radius 1 is 1.56 bits per heavy atom. The first-order valence-electron chi connectivity index (χ1n) is 5.93. The van der Waals surface area contributed by atoms with Crippen molar-refractivity contribution in [2.45, 2.75) is 39.3 Å². The van der Waals surface area contributed by atoms with Gasteiger partial charge in [0.2, 0.25) is 5.91 Å². The van der Waals surface area contributed by atoms with Gasteiger partial charge in [-0.05, 0) is 13.3 Å². The van der Waals surface area contributed by atoms with Gasteiger partial charge in [-0.2, -0.15) is 0 Å². The zero-order valence-corrected chi connectivity index (χ0v) is 11.0. The minimum atomic E-state index is 0.125. The number of nitrogens with one attached hydrogen (secondary N) is 1. The Morgan fingerprint density at radius 2 is 2.19 bits per heavy atom. The molecule has 4 heteroatoms. The Labute approximate surface area is 98.3 Å². The van der Waals surface area contributed by atoms with Gasteiger partial charge in [0.25, 0.3) is 0 Å². The lowest BCUT2D eigenvalue weighted by Gasteiger charge is -2.51. The SMILES string of the molecule is CCN(C)C(=O)CNC1CC(OC)C1(C)C. The molecule has 0 aromatic carbocycles. The molecule has 1 N–H and O–H groups in total. The molecule has 0 radical (unpaired) electrons. The summed E-state index contributed by atoms with van der Waals surface area (Å²) < 4.78 is 5.37. The second kappa shape index (κ2) is 5.15. The molecule has 0 heterocycles. The van der Waals surface area contributed by atoms with E-state index >= 15 is 0 Å². The van der Waals surface area contributed by atoms with Crippen LogP contribution < -0.4 is 5.32 Å². The number of nitrogens with zero attached hydrogens (tertiary/aromatic N) is 1. The van der Waals surface area contributed by atoms with Gasteiger partial charge in [0.05, 0.1) is 12.6 Å². The zero-order chi connectivity index (χ0) is 12.3. The van der Waals surface area contributed by atoms with E-state index in [9.17, 15) is 4.79 Å². The lowest BCUT2D eigenvalue weighted by molar-refractivity contribution is -0.131. The number of carbonyl (C=O) groups is 1. The van der Waals surface area contributed by atoms with Crippen molar-refractivity contribution in [2.75, 3.05) is 27.2 Å². The minimum Gasteiger partial charge on any atom is -0.381 e. The molecule has 1 amide bonds. The highest BCUT2D eigenvalue weighted by Crippen LogP contribution is 2.42. The maximum atomic E-state index is 11.6. The second-order valence-electron chi connectivity index (χ2n) is 5.12. The zero-order valence-electron chi connectivity index (χ0n) is 11.0. The summed E-state index contributed by atoms with van der Waals surface area (Å²) in [6.45, 7) is 7.52. The third kappa shape index (κ3) is 2.55. The summed E-state index contributed by atoms with van der Waals surface area (Å²) in [5, 5.41) is 3.32. The number of ether oxygens (including phenoxy) is 1. The molecule has 16 heavy (non-hydrogen) atoms. The van der Waals surface area contributed by atoms with Crippen LogP contribution in [0.1, 0.15) is 27.2 Å². The van der Waals surface area contributed by atoms with Crippen molar-refractivity contribution in [2.24, 2.45) is 5.41 Å². The van der Waals surface area contributed by atoms with Crippen LogP contribution >= 0.6 is 0 Å². The lowest BCUT2D eigenvalue weighted by Crippen LogP contribution is -2.61. The summed E-state index contributed by atoms with van der Waals surface area (Å²) in [7, 11) is 3.58. The van der Waals surface area contributed by atoms with Gasteiger partial charge < -0.3 is 15.0 Å². The third-order valence-corrected chi connectivity index (χ3v) is 3.86. The van der Waals surface area contributed by atoms with E-state index in [0.29, 0.717) is 18.7 Å². The molecule has 4 nitrogen and oxygen atoms in total. The van der Waals surface area contributed by atoms with Gasteiger partial charge in [0.15, 0.2) is 0 Å². The monoisotopic (exact) mass is 228 g/mol. The molecule has 2 atom stereocenters. The van der Waals surface area contributed by atoms with Crippen LogP contribution in [0.3, 0.4) is 0 Å². The van der Waals surface area contributed by atoms with E-state index in [-0.39, 0.29) is 11.3 Å². The van der Waals surface area contributed by atoms with E-state index in [1.54, 1.807) is 12.0 Å². The maximum Gasteiger partial charge on any atom is 0.236 e. The molecule has 0 aromatic rings. The summed E-state index contributed by atoms with van der Waals surface area (Å²) in [5.41, 5.74) is 0.125. The molecule has 0 spiro atoms. The van der Waals surface area contributed by atoms with E-state index in [1.165, 1.54) is 0 Å². The summed E-state index contributed by atoms with van der Waals surface area (Å²) in [5.74, 6) is 0.152. The lowest BCUT2D eigenvalue weighted by atomic mass is 9.64. The number of likely N-dealkylation sites (N-methyl/N-ethyl adjacent to an activating group) is 1. The average Bonchev–Trinajstić information content (AvgIpc) is 2.26. The largest absolute Gasteiger partial charge is 0.381 e. The van der Waals surface area contributed by atoms with Gasteiger partial charge in [-0.3, -0.25) is 4.79 Å². The van der Waals surface area contributed by atoms with E-state index in [2.05, 4.69) is 19.2 Å². The van der Waals surface area contributed by atoms with E-state index in [0.717, 1.165) is 13.0 Å². The van der Waals surface area contributed by atoms with Gasteiger partial charge >= 0.3 is 0 Å². The number of methoxy groups -OCH3 is 1. The summed E-state index contributed by atoms with van der Waals surface area (Å²) in [6.07, 6.45) is 1.30. The molecule has 2 unspecified atom stereocenters. The first kappa shape index (κ1) is 13.5. The molecular weight excluding hydrogens is 204 g/mol. The molecule has 0 bridgehead atoms. The molecule has 0 saturated heterocycles.